The highest BCUT2D eigenvalue weighted by Gasteiger charge is 2.23. The number of hydrogen-bond donors (Lipinski definition) is 1. The van der Waals surface area contributed by atoms with Crippen molar-refractivity contribution in [2.75, 3.05) is 18.8 Å². The van der Waals surface area contributed by atoms with Crippen LogP contribution in [0.5, 0.6) is 0 Å². The van der Waals surface area contributed by atoms with Crippen LogP contribution in [0.2, 0.25) is 0 Å². The van der Waals surface area contributed by atoms with Crippen LogP contribution in [0.4, 0.5) is 0 Å². The maximum atomic E-state index is 11.6. The van der Waals surface area contributed by atoms with E-state index >= 15 is 0 Å². The number of rotatable bonds is 7. The maximum absolute atomic E-state index is 11.6. The van der Waals surface area contributed by atoms with Gasteiger partial charge in [-0.2, -0.15) is 5.10 Å². The van der Waals surface area contributed by atoms with Gasteiger partial charge in [-0.05, 0) is 32.3 Å². The van der Waals surface area contributed by atoms with Crippen molar-refractivity contribution in [3.63, 3.8) is 0 Å². The number of nitrogens with zero attached hydrogens (tertiary/aromatic N) is 4. The lowest BCUT2D eigenvalue weighted by atomic mass is 10.1. The lowest BCUT2D eigenvalue weighted by Gasteiger charge is -2.23. The van der Waals surface area contributed by atoms with E-state index in [9.17, 15) is 8.42 Å². The van der Waals surface area contributed by atoms with Crippen molar-refractivity contribution in [2.24, 2.45) is 5.92 Å². The summed E-state index contributed by atoms with van der Waals surface area (Å²) >= 11 is 0. The molecule has 0 spiro atoms. The van der Waals surface area contributed by atoms with Gasteiger partial charge in [-0.3, -0.25) is 9.58 Å². The molecule has 0 aliphatic carbocycles. The molecule has 0 fully saturated rings. The molecule has 25 heavy (non-hydrogen) atoms. The highest BCUT2D eigenvalue weighted by molar-refractivity contribution is 7.89. The molecule has 0 saturated carbocycles. The van der Waals surface area contributed by atoms with E-state index in [0.717, 1.165) is 43.2 Å². The zero-order valence-corrected chi connectivity index (χ0v) is 15.5. The summed E-state index contributed by atoms with van der Waals surface area (Å²) in [5, 5.41) is 8.49. The number of nitrogens with one attached hydrogen (secondary N) is 1. The Bertz CT molecular complexity index is 798. The van der Waals surface area contributed by atoms with Crippen LogP contribution in [-0.4, -0.2) is 47.1 Å². The SMILES string of the molecule is CCS(=O)(=O)NCC[C@@H]1CN(Cc2cc(C)on2)Cc2ccnn2C1. The average molecular weight is 367 g/mol. The largest absolute Gasteiger partial charge is 0.361 e. The van der Waals surface area contributed by atoms with Gasteiger partial charge < -0.3 is 4.52 Å². The molecule has 2 aromatic heterocycles. The van der Waals surface area contributed by atoms with E-state index in [1.165, 1.54) is 0 Å². The molecule has 8 nitrogen and oxygen atoms in total. The summed E-state index contributed by atoms with van der Waals surface area (Å²) in [5.41, 5.74) is 2.08. The molecular formula is C16H25N5O3S. The van der Waals surface area contributed by atoms with Gasteiger partial charge >= 0.3 is 0 Å². The summed E-state index contributed by atoms with van der Waals surface area (Å²) in [6.45, 7) is 7.15. The third kappa shape index (κ3) is 4.90. The first-order valence-corrected chi connectivity index (χ1v) is 10.2. The fourth-order valence-corrected chi connectivity index (χ4v) is 3.80. The lowest BCUT2D eigenvalue weighted by molar-refractivity contribution is 0.209. The smallest absolute Gasteiger partial charge is 0.211 e. The van der Waals surface area contributed by atoms with Crippen molar-refractivity contribution in [1.29, 1.82) is 0 Å². The second kappa shape index (κ2) is 7.67. The molecule has 0 saturated heterocycles. The van der Waals surface area contributed by atoms with Crippen LogP contribution >= 0.6 is 0 Å². The van der Waals surface area contributed by atoms with Gasteiger partial charge in [0.05, 0.1) is 17.1 Å². The third-order valence-corrected chi connectivity index (χ3v) is 5.86. The van der Waals surface area contributed by atoms with Crippen LogP contribution in [0.15, 0.2) is 22.9 Å². The fraction of sp³-hybridized carbons (Fsp3) is 0.625. The van der Waals surface area contributed by atoms with Crippen LogP contribution in [0.25, 0.3) is 0 Å². The van der Waals surface area contributed by atoms with E-state index in [1.807, 2.05) is 29.9 Å². The van der Waals surface area contributed by atoms with Crippen LogP contribution < -0.4 is 4.72 Å². The van der Waals surface area contributed by atoms with E-state index in [1.54, 1.807) is 6.92 Å². The number of aromatic nitrogens is 3. The molecule has 138 valence electrons. The minimum absolute atomic E-state index is 0.110. The maximum Gasteiger partial charge on any atom is 0.211 e. The highest BCUT2D eigenvalue weighted by Crippen LogP contribution is 2.20. The predicted molar refractivity (Wildman–Crippen MR) is 93.2 cm³/mol. The van der Waals surface area contributed by atoms with Gasteiger partial charge in [-0.1, -0.05) is 5.16 Å². The number of sulfonamides is 1. The van der Waals surface area contributed by atoms with Crippen molar-refractivity contribution in [1.82, 2.24) is 24.6 Å². The number of fused-ring (bicyclic) bond motifs is 1. The van der Waals surface area contributed by atoms with E-state index in [-0.39, 0.29) is 5.75 Å². The minimum Gasteiger partial charge on any atom is -0.361 e. The average Bonchev–Trinajstić information content (AvgIpc) is 3.12. The number of aryl methyl sites for hydroxylation is 1. The Balaban J connectivity index is 1.66. The quantitative estimate of drug-likeness (QED) is 0.789. The first-order chi connectivity index (χ1) is 11.9. The first kappa shape index (κ1) is 18.1. The minimum atomic E-state index is -3.15. The van der Waals surface area contributed by atoms with Gasteiger partial charge in [-0.15, -0.1) is 0 Å². The van der Waals surface area contributed by atoms with Crippen LogP contribution in [-0.2, 0) is 29.7 Å². The van der Waals surface area contributed by atoms with E-state index in [2.05, 4.69) is 19.9 Å². The standard InChI is InChI=1S/C16H25N5O3S/c1-3-25(22,23)18-7-4-14-9-20(11-15-8-13(2)24-19-15)12-16-5-6-17-21(16)10-14/h5-6,8,14,18H,3-4,7,9-12H2,1-2H3/t14-/m1/s1. The molecule has 1 atom stereocenters. The zero-order valence-electron chi connectivity index (χ0n) is 14.7. The fourth-order valence-electron chi connectivity index (χ4n) is 3.17. The topological polar surface area (TPSA) is 93.3 Å². The van der Waals surface area contributed by atoms with E-state index in [4.69, 9.17) is 4.52 Å². The summed E-state index contributed by atoms with van der Waals surface area (Å²) in [7, 11) is -3.15. The second-order valence-corrected chi connectivity index (χ2v) is 8.65. The predicted octanol–water partition coefficient (Wildman–Crippen LogP) is 1.14. The third-order valence-electron chi connectivity index (χ3n) is 4.45. The Labute approximate surface area is 148 Å². The summed E-state index contributed by atoms with van der Waals surface area (Å²) < 4.78 is 33.1. The Kier molecular flexibility index (Phi) is 5.55. The molecule has 0 bridgehead atoms. The van der Waals surface area contributed by atoms with Crippen molar-refractivity contribution < 1.29 is 12.9 Å². The molecule has 3 heterocycles. The Hall–Kier alpha value is -1.71. The zero-order chi connectivity index (χ0) is 17.9. The van der Waals surface area contributed by atoms with Gasteiger partial charge in [0.25, 0.3) is 0 Å². The molecule has 3 rings (SSSR count). The van der Waals surface area contributed by atoms with Gasteiger partial charge in [0.2, 0.25) is 10.0 Å². The summed E-state index contributed by atoms with van der Waals surface area (Å²) in [5.74, 6) is 1.23. The van der Waals surface area contributed by atoms with E-state index < -0.39 is 10.0 Å². The molecule has 1 N–H and O–H groups in total. The molecule has 0 amide bonds. The van der Waals surface area contributed by atoms with Crippen LogP contribution in [0, 0.1) is 12.8 Å². The Morgan fingerprint density at radius 2 is 2.24 bits per heavy atom. The van der Waals surface area contributed by atoms with E-state index in [0.29, 0.717) is 19.0 Å². The Morgan fingerprint density at radius 1 is 1.40 bits per heavy atom. The molecule has 9 heteroatoms. The summed E-state index contributed by atoms with van der Waals surface area (Å²) in [4.78, 5) is 2.32. The van der Waals surface area contributed by atoms with Crippen molar-refractivity contribution in [3.8, 4) is 0 Å². The molecule has 1 aliphatic rings. The highest BCUT2D eigenvalue weighted by atomic mass is 32.2. The van der Waals surface area contributed by atoms with Crippen molar-refractivity contribution in [2.45, 2.75) is 39.9 Å². The summed E-state index contributed by atoms with van der Waals surface area (Å²) in [6.07, 6.45) is 2.59. The van der Waals surface area contributed by atoms with Gasteiger partial charge in [0, 0.05) is 45.0 Å². The van der Waals surface area contributed by atoms with Gasteiger partial charge in [0.1, 0.15) is 5.76 Å². The van der Waals surface area contributed by atoms with Crippen LogP contribution in [0.3, 0.4) is 0 Å². The normalized spacial score (nSPS) is 18.9. The van der Waals surface area contributed by atoms with Gasteiger partial charge in [0.15, 0.2) is 0 Å². The summed E-state index contributed by atoms with van der Waals surface area (Å²) in [6, 6.07) is 3.98. The van der Waals surface area contributed by atoms with Crippen LogP contribution in [0.1, 0.15) is 30.5 Å². The van der Waals surface area contributed by atoms with Crippen molar-refractivity contribution >= 4 is 10.0 Å². The monoisotopic (exact) mass is 367 g/mol. The second-order valence-electron chi connectivity index (χ2n) is 6.56. The number of hydrogen-bond acceptors (Lipinski definition) is 6. The molecule has 0 aromatic carbocycles. The molecule has 0 unspecified atom stereocenters. The van der Waals surface area contributed by atoms with Crippen molar-refractivity contribution in [3.05, 3.63) is 35.5 Å². The molecular weight excluding hydrogens is 342 g/mol. The lowest BCUT2D eigenvalue weighted by Crippen LogP contribution is -2.32. The molecule has 0 radical (unpaired) electrons. The van der Waals surface area contributed by atoms with Gasteiger partial charge in [-0.25, -0.2) is 13.1 Å². The molecule has 1 aliphatic heterocycles. The molecule has 2 aromatic rings. The Morgan fingerprint density at radius 3 is 2.96 bits per heavy atom. The first-order valence-electron chi connectivity index (χ1n) is 8.58.